The van der Waals surface area contributed by atoms with Gasteiger partial charge in [0.1, 0.15) is 5.84 Å². The Labute approximate surface area is 203 Å². The minimum absolute atomic E-state index is 0.289. The Bertz CT molecular complexity index is 1310. The van der Waals surface area contributed by atoms with Crippen molar-refractivity contribution in [3.63, 3.8) is 0 Å². The zero-order chi connectivity index (χ0) is 23.7. The number of aliphatic imine (C=N–C) groups is 1. The van der Waals surface area contributed by atoms with Crippen LogP contribution < -0.4 is 10.4 Å². The topological polar surface area (TPSA) is 75.0 Å². The van der Waals surface area contributed by atoms with Crippen molar-refractivity contribution in [2.75, 3.05) is 38.2 Å². The number of anilines is 2. The number of carbonyl (C=O) groups excluding carboxylic acids is 1. The van der Waals surface area contributed by atoms with Crippen molar-refractivity contribution in [1.29, 1.82) is 5.26 Å². The Morgan fingerprint density at radius 1 is 1.00 bits per heavy atom. The molecule has 5 rings (SSSR count). The molecule has 0 aromatic heterocycles. The summed E-state index contributed by atoms with van der Waals surface area (Å²) in [7, 11) is 2.12. The van der Waals surface area contributed by atoms with Crippen LogP contribution in [-0.2, 0) is 0 Å². The number of hydrogen-bond acceptors (Lipinski definition) is 6. The molecule has 2 heterocycles. The van der Waals surface area contributed by atoms with E-state index in [2.05, 4.69) is 28.3 Å². The van der Waals surface area contributed by atoms with Crippen LogP contribution in [-0.4, -0.2) is 54.8 Å². The summed E-state index contributed by atoms with van der Waals surface area (Å²) in [6.45, 7) is 3.61. The van der Waals surface area contributed by atoms with Crippen molar-refractivity contribution < 1.29 is 4.79 Å². The number of amides is 1. The third-order valence-electron chi connectivity index (χ3n) is 6.08. The van der Waals surface area contributed by atoms with E-state index >= 15 is 0 Å². The van der Waals surface area contributed by atoms with Gasteiger partial charge in [-0.3, -0.25) is 15.2 Å². The normalized spacial score (nSPS) is 15.5. The number of piperazine rings is 1. The lowest BCUT2D eigenvalue weighted by Gasteiger charge is -2.35. The molecule has 1 saturated heterocycles. The maximum atomic E-state index is 13.2. The Morgan fingerprint density at radius 2 is 1.74 bits per heavy atom. The minimum atomic E-state index is -0.289. The molecule has 3 aromatic carbocycles. The molecule has 3 aromatic rings. The lowest BCUT2D eigenvalue weighted by molar-refractivity contribution is 0.0954. The van der Waals surface area contributed by atoms with Crippen molar-refractivity contribution >= 4 is 40.4 Å². The van der Waals surface area contributed by atoms with E-state index in [0.29, 0.717) is 21.8 Å². The molecule has 1 amide bonds. The summed E-state index contributed by atoms with van der Waals surface area (Å²) in [5.74, 6) is 0.575. The van der Waals surface area contributed by atoms with Crippen LogP contribution in [0.4, 0.5) is 17.1 Å². The number of halogens is 1. The second-order valence-corrected chi connectivity index (χ2v) is 8.78. The highest BCUT2D eigenvalue weighted by Gasteiger charge is 2.28. The van der Waals surface area contributed by atoms with Gasteiger partial charge in [-0.05, 0) is 61.6 Å². The van der Waals surface area contributed by atoms with Gasteiger partial charge in [-0.1, -0.05) is 23.7 Å². The molecular weight excluding hydrogens is 448 g/mol. The van der Waals surface area contributed by atoms with Gasteiger partial charge in [0.2, 0.25) is 0 Å². The van der Waals surface area contributed by atoms with Crippen LogP contribution in [0.2, 0.25) is 5.02 Å². The molecule has 0 aliphatic carbocycles. The molecule has 8 heteroatoms. The van der Waals surface area contributed by atoms with Gasteiger partial charge in [-0.2, -0.15) is 5.26 Å². The maximum absolute atomic E-state index is 13.2. The van der Waals surface area contributed by atoms with Crippen LogP contribution in [0.25, 0.3) is 0 Å². The predicted octanol–water partition coefficient (Wildman–Crippen LogP) is 4.33. The van der Waals surface area contributed by atoms with Crippen LogP contribution in [0.3, 0.4) is 0 Å². The average Bonchev–Trinajstić information content (AvgIpc) is 2.99. The van der Waals surface area contributed by atoms with Gasteiger partial charge in [0.25, 0.3) is 5.91 Å². The fourth-order valence-corrected chi connectivity index (χ4v) is 4.35. The standard InChI is InChI=1S/C26H23ClN6O/c1-31-12-14-32(15-13-31)25-21-4-2-3-5-23(21)33(24-11-10-20(27)16-22(24)29-25)30-26(34)19-8-6-18(17-28)7-9-19/h2-11,16H,12-15H2,1H3,(H,30,34). The third-order valence-corrected chi connectivity index (χ3v) is 6.32. The molecule has 1 N–H and O–H groups in total. The van der Waals surface area contributed by atoms with E-state index in [1.165, 1.54) is 0 Å². The second-order valence-electron chi connectivity index (χ2n) is 8.34. The number of nitriles is 1. The van der Waals surface area contributed by atoms with Crippen LogP contribution >= 0.6 is 11.6 Å². The highest BCUT2D eigenvalue weighted by molar-refractivity contribution is 6.31. The number of para-hydroxylation sites is 1. The van der Waals surface area contributed by atoms with Gasteiger partial charge in [0, 0.05) is 42.3 Å². The summed E-state index contributed by atoms with van der Waals surface area (Å²) in [6.07, 6.45) is 0. The Kier molecular flexibility index (Phi) is 5.93. The number of amidine groups is 1. The second kappa shape index (κ2) is 9.18. The van der Waals surface area contributed by atoms with Gasteiger partial charge in [0.15, 0.2) is 0 Å². The Hall–Kier alpha value is -3.86. The van der Waals surface area contributed by atoms with Crippen LogP contribution in [0.5, 0.6) is 0 Å². The number of carbonyl (C=O) groups is 1. The van der Waals surface area contributed by atoms with E-state index in [1.54, 1.807) is 35.3 Å². The fourth-order valence-electron chi connectivity index (χ4n) is 4.18. The largest absolute Gasteiger partial charge is 0.353 e. The lowest BCUT2D eigenvalue weighted by atomic mass is 10.1. The number of likely N-dealkylation sites (N-methyl/N-ethyl adjacent to an activating group) is 1. The number of nitrogens with zero attached hydrogens (tertiary/aromatic N) is 5. The van der Waals surface area contributed by atoms with Crippen LogP contribution in [0.1, 0.15) is 21.5 Å². The predicted molar refractivity (Wildman–Crippen MR) is 134 cm³/mol. The average molecular weight is 471 g/mol. The first-order valence-corrected chi connectivity index (χ1v) is 11.4. The molecule has 2 aliphatic rings. The molecule has 1 fully saturated rings. The zero-order valence-corrected chi connectivity index (χ0v) is 19.5. The summed E-state index contributed by atoms with van der Waals surface area (Å²) in [4.78, 5) is 22.9. The van der Waals surface area contributed by atoms with Crippen molar-refractivity contribution in [3.05, 3.63) is 88.4 Å². The number of fused-ring (bicyclic) bond motifs is 2. The first-order chi connectivity index (χ1) is 16.5. The minimum Gasteiger partial charge on any atom is -0.353 e. The first-order valence-electron chi connectivity index (χ1n) is 11.1. The first kappa shape index (κ1) is 22.0. The van der Waals surface area contributed by atoms with Gasteiger partial charge in [-0.15, -0.1) is 0 Å². The summed E-state index contributed by atoms with van der Waals surface area (Å²) in [5, 5.41) is 11.4. The smallest absolute Gasteiger partial charge is 0.270 e. The van der Waals surface area contributed by atoms with Gasteiger partial charge >= 0.3 is 0 Å². The molecule has 0 radical (unpaired) electrons. The van der Waals surface area contributed by atoms with Crippen LogP contribution in [0, 0.1) is 11.3 Å². The van der Waals surface area contributed by atoms with E-state index in [0.717, 1.165) is 49.0 Å². The molecule has 7 nitrogen and oxygen atoms in total. The van der Waals surface area contributed by atoms with Gasteiger partial charge < -0.3 is 9.80 Å². The van der Waals surface area contributed by atoms with Crippen LogP contribution in [0.15, 0.2) is 71.7 Å². The number of benzene rings is 3. The van der Waals surface area contributed by atoms with Crippen molar-refractivity contribution in [1.82, 2.24) is 15.2 Å². The molecule has 0 unspecified atom stereocenters. The zero-order valence-electron chi connectivity index (χ0n) is 18.7. The molecule has 0 saturated carbocycles. The summed E-state index contributed by atoms with van der Waals surface area (Å²) < 4.78 is 0. The van der Waals surface area contributed by atoms with E-state index in [4.69, 9.17) is 21.9 Å². The van der Waals surface area contributed by atoms with E-state index < -0.39 is 0 Å². The number of rotatable bonds is 2. The van der Waals surface area contributed by atoms with Gasteiger partial charge in [-0.25, -0.2) is 4.99 Å². The number of nitrogens with one attached hydrogen (secondary N) is 1. The highest BCUT2D eigenvalue weighted by Crippen LogP contribution is 2.40. The van der Waals surface area contributed by atoms with E-state index in [1.807, 2.05) is 36.4 Å². The number of hydrogen-bond donors (Lipinski definition) is 1. The number of hydrazine groups is 1. The molecule has 0 spiro atoms. The molecule has 0 atom stereocenters. The highest BCUT2D eigenvalue weighted by atomic mass is 35.5. The van der Waals surface area contributed by atoms with Crippen molar-refractivity contribution in [2.24, 2.45) is 4.99 Å². The Morgan fingerprint density at radius 3 is 2.47 bits per heavy atom. The fraction of sp³-hybridized carbons (Fsp3) is 0.192. The van der Waals surface area contributed by atoms with E-state index in [9.17, 15) is 4.79 Å². The Balaban J connectivity index is 1.59. The third kappa shape index (κ3) is 4.21. The lowest BCUT2D eigenvalue weighted by Crippen LogP contribution is -2.47. The molecule has 170 valence electrons. The molecule has 34 heavy (non-hydrogen) atoms. The van der Waals surface area contributed by atoms with Gasteiger partial charge in [0.05, 0.1) is 28.7 Å². The molecule has 0 bridgehead atoms. The van der Waals surface area contributed by atoms with Crippen molar-refractivity contribution in [3.8, 4) is 6.07 Å². The van der Waals surface area contributed by atoms with E-state index in [-0.39, 0.29) is 5.91 Å². The quantitative estimate of drug-likeness (QED) is 0.603. The summed E-state index contributed by atoms with van der Waals surface area (Å²) in [6, 6.07) is 22.0. The monoisotopic (exact) mass is 470 g/mol. The summed E-state index contributed by atoms with van der Waals surface area (Å²) in [5.41, 5.74) is 7.16. The SMILES string of the molecule is CN1CCN(C2=Nc3cc(Cl)ccc3N(NC(=O)c3ccc(C#N)cc3)c3ccccc32)CC1. The molecule has 2 aliphatic heterocycles. The maximum Gasteiger partial charge on any atom is 0.270 e. The summed E-state index contributed by atoms with van der Waals surface area (Å²) >= 11 is 6.35. The van der Waals surface area contributed by atoms with Crippen molar-refractivity contribution in [2.45, 2.75) is 0 Å². The molecular formula is C26H23ClN6O.